The monoisotopic (exact) mass is 501 g/mol. The number of carbonyl (C=O) groups excluding carboxylic acids is 1. The average Bonchev–Trinajstić information content (AvgIpc) is 3.33. The third-order valence-corrected chi connectivity index (χ3v) is 8.21. The molecule has 6 nitrogen and oxygen atoms in total. The molecule has 1 heterocycles. The van der Waals surface area contributed by atoms with Gasteiger partial charge in [-0.05, 0) is 68.5 Å². The Hall–Kier alpha value is -3.12. The molecule has 6 rings (SSSR count). The maximum absolute atomic E-state index is 12.8. The topological polar surface area (TPSA) is 78.4 Å². The number of nitrogens with one attached hydrogen (secondary N) is 1. The number of phenols is 1. The van der Waals surface area contributed by atoms with Crippen LogP contribution in [0.25, 0.3) is 16.6 Å². The number of aromatic nitrogens is 2. The van der Waals surface area contributed by atoms with Gasteiger partial charge in [0.05, 0.1) is 11.4 Å². The molecule has 0 unspecified atom stereocenters. The van der Waals surface area contributed by atoms with Gasteiger partial charge in [0.1, 0.15) is 22.7 Å². The predicted octanol–water partition coefficient (Wildman–Crippen LogP) is 5.97. The molecule has 2 aromatic carbocycles. The lowest BCUT2D eigenvalue weighted by atomic mass is 9.60. The molecule has 6 heteroatoms. The van der Waals surface area contributed by atoms with Crippen LogP contribution in [0.5, 0.6) is 5.75 Å². The van der Waals surface area contributed by atoms with Crippen LogP contribution in [0.2, 0.25) is 0 Å². The minimum Gasteiger partial charge on any atom is -0.506 e. The molecule has 2 N–H and O–H groups in total. The number of ether oxygens (including phenoxy) is 1. The van der Waals surface area contributed by atoms with Crippen LogP contribution in [-0.4, -0.2) is 51.7 Å². The molecule has 0 amide bonds. The molecule has 3 atom stereocenters. The highest BCUT2D eigenvalue weighted by atomic mass is 16.6. The van der Waals surface area contributed by atoms with Gasteiger partial charge in [-0.3, -0.25) is 4.79 Å². The van der Waals surface area contributed by atoms with Crippen LogP contribution in [-0.2, 0) is 16.0 Å². The highest BCUT2D eigenvalue weighted by molar-refractivity contribution is 5.81. The number of allylic oxidation sites excluding steroid dienone is 1. The Kier molecular flexibility index (Phi) is 7.38. The number of phenolic OH excluding ortho intramolecular Hbond substituents is 1. The van der Waals surface area contributed by atoms with Crippen molar-refractivity contribution in [3.63, 3.8) is 0 Å². The van der Waals surface area contributed by atoms with E-state index in [4.69, 9.17) is 4.74 Å². The molecule has 1 saturated carbocycles. The van der Waals surface area contributed by atoms with Gasteiger partial charge in [-0.2, -0.15) is 0 Å². The third kappa shape index (κ3) is 5.45. The number of H-pyrrole nitrogens is 1. The van der Waals surface area contributed by atoms with Crippen molar-refractivity contribution in [1.29, 1.82) is 0 Å². The highest BCUT2D eigenvalue weighted by Crippen LogP contribution is 2.53. The number of esters is 1. The maximum Gasteiger partial charge on any atom is 0.308 e. The summed E-state index contributed by atoms with van der Waals surface area (Å²) in [7, 11) is 2.15. The fraction of sp³-hybridized carbons (Fsp3) is 0.484. The molecule has 0 spiro atoms. The van der Waals surface area contributed by atoms with Gasteiger partial charge < -0.3 is 19.7 Å². The van der Waals surface area contributed by atoms with Crippen molar-refractivity contribution >= 4 is 22.6 Å². The van der Waals surface area contributed by atoms with E-state index >= 15 is 0 Å². The molecular formula is C31H39N3O3. The number of aromatic amines is 1. The first kappa shape index (κ1) is 25.5. The largest absolute Gasteiger partial charge is 0.506 e. The number of aromatic hydroxyl groups is 1. The fourth-order valence-electron chi connectivity index (χ4n) is 6.10. The summed E-state index contributed by atoms with van der Waals surface area (Å²) in [5.74, 6) is 1.59. The van der Waals surface area contributed by atoms with Crippen LogP contribution in [0.1, 0.15) is 57.3 Å². The van der Waals surface area contributed by atoms with Crippen LogP contribution in [0.4, 0.5) is 0 Å². The molecule has 1 aromatic heterocycles. The number of aryl methyl sites for hydroxylation is 1. The van der Waals surface area contributed by atoms with Crippen LogP contribution >= 0.6 is 0 Å². The van der Waals surface area contributed by atoms with Crippen molar-refractivity contribution in [2.45, 2.75) is 58.0 Å². The minimum atomic E-state index is -0.424. The summed E-state index contributed by atoms with van der Waals surface area (Å²) in [4.78, 5) is 23.0. The van der Waals surface area contributed by atoms with Gasteiger partial charge in [-0.15, -0.1) is 0 Å². The van der Waals surface area contributed by atoms with E-state index in [1.54, 1.807) is 6.07 Å². The Bertz CT molecular complexity index is 1270. The lowest BCUT2D eigenvalue weighted by Crippen LogP contribution is -2.51. The number of benzene rings is 2. The number of carbonyl (C=O) groups is 1. The zero-order valence-corrected chi connectivity index (χ0v) is 22.2. The fourth-order valence-corrected chi connectivity index (χ4v) is 6.10. The summed E-state index contributed by atoms with van der Waals surface area (Å²) in [6.07, 6.45) is 8.19. The molecule has 37 heavy (non-hydrogen) atoms. The first-order valence-corrected chi connectivity index (χ1v) is 13.7. The SMILES string of the molecule is CC(C)C(=O)O[C@]1(CCN(C)CCCc2nc3c(O)cccc3[nH]2)C[C@@H]2CC[C@H]1C=C2c1ccccc1. The summed E-state index contributed by atoms with van der Waals surface area (Å²) >= 11 is 0. The quantitative estimate of drug-likeness (QED) is 0.335. The van der Waals surface area contributed by atoms with Gasteiger partial charge in [0.2, 0.25) is 0 Å². The third-order valence-electron chi connectivity index (χ3n) is 8.21. The number of imidazole rings is 1. The molecular weight excluding hydrogens is 462 g/mol. The molecule has 0 saturated heterocycles. The Morgan fingerprint density at radius 1 is 1.16 bits per heavy atom. The lowest BCUT2D eigenvalue weighted by molar-refractivity contribution is -0.176. The first-order valence-electron chi connectivity index (χ1n) is 13.7. The van der Waals surface area contributed by atoms with Gasteiger partial charge in [-0.25, -0.2) is 4.98 Å². The molecule has 196 valence electrons. The average molecular weight is 502 g/mol. The normalized spacial score (nSPS) is 23.1. The van der Waals surface area contributed by atoms with E-state index in [1.807, 2.05) is 26.0 Å². The van der Waals surface area contributed by atoms with Crippen molar-refractivity contribution in [2.75, 3.05) is 20.1 Å². The molecule has 3 aliphatic rings. The Balaban J connectivity index is 1.23. The Morgan fingerprint density at radius 3 is 2.68 bits per heavy atom. The smallest absolute Gasteiger partial charge is 0.308 e. The van der Waals surface area contributed by atoms with E-state index in [0.29, 0.717) is 11.4 Å². The van der Waals surface area contributed by atoms with Crippen molar-refractivity contribution in [2.24, 2.45) is 17.8 Å². The van der Waals surface area contributed by atoms with Crippen LogP contribution in [0.15, 0.2) is 54.6 Å². The van der Waals surface area contributed by atoms with Gasteiger partial charge >= 0.3 is 5.97 Å². The standard InChI is InChI=1S/C31H39N3O3/c1-21(2)30(36)37-31(20-23-14-15-24(31)19-25(23)22-9-5-4-6-10-22)16-18-34(3)17-8-13-28-32-26-11-7-12-27(35)29(26)33-28/h4-7,9-12,19,21,23-24,35H,8,13-18,20H2,1-3H3,(H,32,33)/t23-,24-,31+/m0/s1. The van der Waals surface area contributed by atoms with E-state index in [2.05, 4.69) is 58.3 Å². The van der Waals surface area contributed by atoms with Crippen LogP contribution in [0.3, 0.4) is 0 Å². The van der Waals surface area contributed by atoms with Crippen molar-refractivity contribution in [3.8, 4) is 5.75 Å². The van der Waals surface area contributed by atoms with E-state index < -0.39 is 5.60 Å². The molecule has 3 aromatic rings. The number of rotatable bonds is 10. The van der Waals surface area contributed by atoms with Crippen molar-refractivity contribution < 1.29 is 14.6 Å². The molecule has 0 radical (unpaired) electrons. The van der Waals surface area contributed by atoms with Gasteiger partial charge in [-0.1, -0.05) is 56.3 Å². The number of hydrogen-bond acceptors (Lipinski definition) is 5. The summed E-state index contributed by atoms with van der Waals surface area (Å²) in [6, 6.07) is 16.1. The maximum atomic E-state index is 12.8. The second-order valence-electron chi connectivity index (χ2n) is 11.2. The Labute approximate surface area is 219 Å². The highest BCUT2D eigenvalue weighted by Gasteiger charge is 2.50. The summed E-state index contributed by atoms with van der Waals surface area (Å²) < 4.78 is 6.38. The van der Waals surface area contributed by atoms with Crippen molar-refractivity contribution in [3.05, 3.63) is 66.0 Å². The zero-order valence-electron chi connectivity index (χ0n) is 22.2. The van der Waals surface area contributed by atoms with E-state index in [0.717, 1.165) is 63.0 Å². The van der Waals surface area contributed by atoms with Crippen LogP contribution in [0, 0.1) is 17.8 Å². The molecule has 0 aliphatic heterocycles. The van der Waals surface area contributed by atoms with Crippen molar-refractivity contribution in [1.82, 2.24) is 14.9 Å². The summed E-state index contributed by atoms with van der Waals surface area (Å²) in [5.41, 5.74) is 3.81. The minimum absolute atomic E-state index is 0.0852. The summed E-state index contributed by atoms with van der Waals surface area (Å²) in [5, 5.41) is 10.0. The van der Waals surface area contributed by atoms with E-state index in [9.17, 15) is 9.90 Å². The van der Waals surface area contributed by atoms with E-state index in [1.165, 1.54) is 11.1 Å². The van der Waals surface area contributed by atoms with Gasteiger partial charge in [0.25, 0.3) is 0 Å². The van der Waals surface area contributed by atoms with E-state index in [-0.39, 0.29) is 23.6 Å². The Morgan fingerprint density at radius 2 is 1.97 bits per heavy atom. The second-order valence-corrected chi connectivity index (χ2v) is 11.2. The number of hydrogen-bond donors (Lipinski definition) is 2. The van der Waals surface area contributed by atoms with Gasteiger partial charge in [0, 0.05) is 25.3 Å². The first-order chi connectivity index (χ1) is 17.8. The summed E-state index contributed by atoms with van der Waals surface area (Å²) in [6.45, 7) is 5.65. The van der Waals surface area contributed by atoms with Gasteiger partial charge in [0.15, 0.2) is 0 Å². The number of nitrogens with zero attached hydrogens (tertiary/aromatic N) is 2. The predicted molar refractivity (Wildman–Crippen MR) is 147 cm³/mol. The zero-order chi connectivity index (χ0) is 26.0. The second kappa shape index (κ2) is 10.7. The van der Waals surface area contributed by atoms with Crippen LogP contribution < -0.4 is 0 Å². The molecule has 1 fully saturated rings. The lowest BCUT2D eigenvalue weighted by Gasteiger charge is -2.50. The number of para-hydroxylation sites is 1. The number of fused-ring (bicyclic) bond motifs is 3. The molecule has 2 bridgehead atoms. The molecule has 3 aliphatic carbocycles.